The Hall–Kier alpha value is -1.36. The summed E-state index contributed by atoms with van der Waals surface area (Å²) in [5.74, 6) is 2.48. The predicted molar refractivity (Wildman–Crippen MR) is 84.6 cm³/mol. The first-order chi connectivity index (χ1) is 10.8. The summed E-state index contributed by atoms with van der Waals surface area (Å²) in [7, 11) is 0. The molecule has 2 heterocycles. The lowest BCUT2D eigenvalue weighted by Gasteiger charge is -2.33. The Morgan fingerprint density at radius 1 is 1.36 bits per heavy atom. The van der Waals surface area contributed by atoms with E-state index >= 15 is 0 Å². The molecule has 1 aromatic rings. The fraction of sp³-hybridized carbons (Fsp3) is 0.765. The van der Waals surface area contributed by atoms with Gasteiger partial charge in [0.15, 0.2) is 0 Å². The number of hydrogen-bond acceptors (Lipinski definition) is 3. The Kier molecular flexibility index (Phi) is 5.13. The average Bonchev–Trinajstić information content (AvgIpc) is 2.97. The maximum absolute atomic E-state index is 12.2. The molecule has 0 bridgehead atoms. The molecule has 2 aliphatic rings. The molecule has 2 fully saturated rings. The van der Waals surface area contributed by atoms with Gasteiger partial charge in [0, 0.05) is 44.6 Å². The number of carbonyl (C=O) groups is 1. The molecule has 1 aliphatic heterocycles. The quantitative estimate of drug-likeness (QED) is 0.811. The number of aromatic nitrogens is 2. The molecule has 0 spiro atoms. The van der Waals surface area contributed by atoms with Gasteiger partial charge in [-0.3, -0.25) is 4.79 Å². The van der Waals surface area contributed by atoms with Crippen molar-refractivity contribution in [2.75, 3.05) is 26.3 Å². The molecular formula is C17H27N3O2. The maximum Gasteiger partial charge on any atom is 0.248 e. The van der Waals surface area contributed by atoms with Crippen LogP contribution in [0.2, 0.25) is 0 Å². The van der Waals surface area contributed by atoms with Crippen LogP contribution < -0.4 is 0 Å². The van der Waals surface area contributed by atoms with Crippen molar-refractivity contribution in [3.63, 3.8) is 0 Å². The maximum atomic E-state index is 12.2. The van der Waals surface area contributed by atoms with Gasteiger partial charge < -0.3 is 14.2 Å². The first kappa shape index (κ1) is 15.5. The first-order valence-corrected chi connectivity index (χ1v) is 8.64. The Labute approximate surface area is 132 Å². The predicted octanol–water partition coefficient (Wildman–Crippen LogP) is 2.43. The third-order valence-corrected chi connectivity index (χ3v) is 5.00. The van der Waals surface area contributed by atoms with Crippen molar-refractivity contribution >= 4 is 5.91 Å². The van der Waals surface area contributed by atoms with Gasteiger partial charge in [0.1, 0.15) is 12.4 Å². The number of piperidine rings is 1. The van der Waals surface area contributed by atoms with Gasteiger partial charge in [-0.15, -0.1) is 0 Å². The fourth-order valence-corrected chi connectivity index (χ4v) is 3.48. The van der Waals surface area contributed by atoms with Gasteiger partial charge in [0.05, 0.1) is 0 Å². The smallest absolute Gasteiger partial charge is 0.248 e. The molecule has 122 valence electrons. The Bertz CT molecular complexity index is 496. The lowest BCUT2D eigenvalue weighted by atomic mass is 9.85. The molecule has 3 rings (SSSR count). The molecule has 1 atom stereocenters. The van der Waals surface area contributed by atoms with E-state index in [1.165, 1.54) is 25.1 Å². The molecular weight excluding hydrogens is 278 g/mol. The molecule has 1 aromatic heterocycles. The van der Waals surface area contributed by atoms with Gasteiger partial charge in [-0.1, -0.05) is 6.42 Å². The van der Waals surface area contributed by atoms with E-state index in [9.17, 15) is 4.79 Å². The normalized spacial score (nSPS) is 22.6. The van der Waals surface area contributed by atoms with Crippen LogP contribution in [0.3, 0.4) is 0 Å². The molecule has 1 saturated carbocycles. The summed E-state index contributed by atoms with van der Waals surface area (Å²) in [4.78, 5) is 18.7. The van der Waals surface area contributed by atoms with Crippen molar-refractivity contribution in [1.82, 2.24) is 14.5 Å². The highest BCUT2D eigenvalue weighted by Crippen LogP contribution is 2.31. The minimum Gasteiger partial charge on any atom is -0.372 e. The van der Waals surface area contributed by atoms with Crippen LogP contribution in [0.4, 0.5) is 0 Å². The molecule has 1 saturated heterocycles. The number of ether oxygens (including phenoxy) is 1. The summed E-state index contributed by atoms with van der Waals surface area (Å²) in [5.41, 5.74) is 0. The Morgan fingerprint density at radius 3 is 2.95 bits per heavy atom. The van der Waals surface area contributed by atoms with Crippen molar-refractivity contribution in [1.29, 1.82) is 0 Å². The van der Waals surface area contributed by atoms with Crippen molar-refractivity contribution in [2.45, 2.75) is 51.5 Å². The molecule has 0 N–H and O–H groups in total. The van der Waals surface area contributed by atoms with Gasteiger partial charge in [0.2, 0.25) is 5.91 Å². The fourth-order valence-electron chi connectivity index (χ4n) is 3.48. The van der Waals surface area contributed by atoms with Gasteiger partial charge >= 0.3 is 0 Å². The summed E-state index contributed by atoms with van der Waals surface area (Å²) < 4.78 is 7.59. The number of amides is 1. The molecule has 5 nitrogen and oxygen atoms in total. The third kappa shape index (κ3) is 3.51. The minimum atomic E-state index is 0.114. The second-order valence-electron chi connectivity index (χ2n) is 6.55. The second kappa shape index (κ2) is 7.27. The number of rotatable bonds is 6. The zero-order valence-corrected chi connectivity index (χ0v) is 13.5. The van der Waals surface area contributed by atoms with Gasteiger partial charge in [-0.25, -0.2) is 4.98 Å². The van der Waals surface area contributed by atoms with Crippen LogP contribution in [0.25, 0.3) is 0 Å². The monoisotopic (exact) mass is 305 g/mol. The van der Waals surface area contributed by atoms with Crippen molar-refractivity contribution in [2.24, 2.45) is 5.92 Å². The zero-order valence-electron chi connectivity index (χ0n) is 13.5. The topological polar surface area (TPSA) is 47.4 Å². The van der Waals surface area contributed by atoms with Crippen molar-refractivity contribution < 1.29 is 9.53 Å². The first-order valence-electron chi connectivity index (χ1n) is 8.64. The van der Waals surface area contributed by atoms with Crippen LogP contribution in [0.1, 0.15) is 50.8 Å². The minimum absolute atomic E-state index is 0.114. The van der Waals surface area contributed by atoms with E-state index in [1.807, 2.05) is 18.0 Å². The highest BCUT2D eigenvalue weighted by molar-refractivity contribution is 5.77. The summed E-state index contributed by atoms with van der Waals surface area (Å²) in [5, 5.41) is 0. The number of nitrogens with zero attached hydrogens (tertiary/aromatic N) is 3. The number of carbonyl (C=O) groups excluding carboxylic acids is 1. The van der Waals surface area contributed by atoms with Gasteiger partial charge in [-0.2, -0.15) is 0 Å². The molecule has 0 unspecified atom stereocenters. The van der Waals surface area contributed by atoms with Gasteiger partial charge in [0.25, 0.3) is 0 Å². The Balaban J connectivity index is 1.61. The summed E-state index contributed by atoms with van der Waals surface area (Å²) in [6.07, 6.45) is 10.3. The highest BCUT2D eigenvalue weighted by atomic mass is 16.5. The van der Waals surface area contributed by atoms with Crippen LogP contribution in [0.15, 0.2) is 12.4 Å². The van der Waals surface area contributed by atoms with Crippen molar-refractivity contribution in [3.05, 3.63) is 18.2 Å². The Morgan fingerprint density at radius 2 is 2.23 bits per heavy atom. The molecule has 0 radical (unpaired) electrons. The van der Waals surface area contributed by atoms with Crippen LogP contribution in [-0.2, 0) is 16.1 Å². The van der Waals surface area contributed by atoms with E-state index in [2.05, 4.69) is 15.7 Å². The van der Waals surface area contributed by atoms with E-state index in [1.54, 1.807) is 0 Å². The average molecular weight is 305 g/mol. The lowest BCUT2D eigenvalue weighted by Crippen LogP contribution is -2.41. The largest absolute Gasteiger partial charge is 0.372 e. The summed E-state index contributed by atoms with van der Waals surface area (Å²) in [6, 6.07) is 0. The SMILES string of the molecule is CCOCC(=O)N1CCC[C@H](c2nccn2CC2CCC2)C1. The van der Waals surface area contributed by atoms with Crippen LogP contribution in [0.5, 0.6) is 0 Å². The number of imidazole rings is 1. The van der Waals surface area contributed by atoms with E-state index in [0.29, 0.717) is 12.5 Å². The van der Waals surface area contributed by atoms with Crippen LogP contribution in [0, 0.1) is 5.92 Å². The highest BCUT2D eigenvalue weighted by Gasteiger charge is 2.28. The van der Waals surface area contributed by atoms with Gasteiger partial charge in [-0.05, 0) is 38.5 Å². The van der Waals surface area contributed by atoms with E-state index in [0.717, 1.165) is 38.4 Å². The molecule has 1 amide bonds. The zero-order chi connectivity index (χ0) is 15.4. The summed E-state index contributed by atoms with van der Waals surface area (Å²) >= 11 is 0. The van der Waals surface area contributed by atoms with E-state index < -0.39 is 0 Å². The summed E-state index contributed by atoms with van der Waals surface area (Å²) in [6.45, 7) is 5.45. The molecule has 0 aromatic carbocycles. The second-order valence-corrected chi connectivity index (χ2v) is 6.55. The third-order valence-electron chi connectivity index (χ3n) is 5.00. The number of hydrogen-bond donors (Lipinski definition) is 0. The molecule has 1 aliphatic carbocycles. The van der Waals surface area contributed by atoms with Crippen LogP contribution >= 0.6 is 0 Å². The molecule has 5 heteroatoms. The number of likely N-dealkylation sites (tertiary alicyclic amines) is 1. The van der Waals surface area contributed by atoms with E-state index in [4.69, 9.17) is 4.74 Å². The van der Waals surface area contributed by atoms with Crippen LogP contribution in [-0.4, -0.2) is 46.7 Å². The molecule has 22 heavy (non-hydrogen) atoms. The van der Waals surface area contributed by atoms with E-state index in [-0.39, 0.29) is 12.5 Å². The standard InChI is InChI=1S/C17H27N3O2/c1-2-22-13-16(21)19-9-4-7-15(12-19)17-18-8-10-20(17)11-14-5-3-6-14/h8,10,14-15H,2-7,9,11-13H2,1H3/t15-/m0/s1. The lowest BCUT2D eigenvalue weighted by molar-refractivity contribution is -0.137. The van der Waals surface area contributed by atoms with Crippen molar-refractivity contribution in [3.8, 4) is 0 Å².